The number of aryl methyl sites for hydroxylation is 1. The molecule has 0 aliphatic heterocycles. The van der Waals surface area contributed by atoms with Crippen LogP contribution in [0.5, 0.6) is 0 Å². The van der Waals surface area contributed by atoms with Gasteiger partial charge in [-0.15, -0.1) is 11.3 Å². The van der Waals surface area contributed by atoms with Gasteiger partial charge >= 0.3 is 0 Å². The Morgan fingerprint density at radius 1 is 1.64 bits per heavy atom. The fourth-order valence-electron chi connectivity index (χ4n) is 1.37. The van der Waals surface area contributed by atoms with E-state index in [0.29, 0.717) is 0 Å². The lowest BCUT2D eigenvalue weighted by molar-refractivity contribution is 0.0803. The number of hydrogen-bond acceptors (Lipinski definition) is 4. The van der Waals surface area contributed by atoms with Gasteiger partial charge < -0.3 is 4.74 Å². The molecule has 0 amide bonds. The Labute approximate surface area is 89.2 Å². The number of rotatable bonds is 6. The van der Waals surface area contributed by atoms with Crippen molar-refractivity contribution in [1.29, 1.82) is 0 Å². The van der Waals surface area contributed by atoms with Crippen molar-refractivity contribution < 1.29 is 4.74 Å². The van der Waals surface area contributed by atoms with Crippen LogP contribution in [0.15, 0.2) is 17.5 Å². The molecule has 3 N–H and O–H groups in total. The first-order chi connectivity index (χ1) is 6.77. The summed E-state index contributed by atoms with van der Waals surface area (Å²) in [6.45, 7) is 2.03. The van der Waals surface area contributed by atoms with Crippen molar-refractivity contribution in [3.63, 3.8) is 0 Å². The van der Waals surface area contributed by atoms with Crippen molar-refractivity contribution in [2.75, 3.05) is 7.11 Å². The highest BCUT2D eigenvalue weighted by atomic mass is 32.1. The monoisotopic (exact) mass is 214 g/mol. The van der Waals surface area contributed by atoms with E-state index >= 15 is 0 Å². The van der Waals surface area contributed by atoms with Gasteiger partial charge in [0.1, 0.15) is 0 Å². The topological polar surface area (TPSA) is 47.3 Å². The van der Waals surface area contributed by atoms with Gasteiger partial charge in [0.25, 0.3) is 0 Å². The molecule has 0 spiro atoms. The third-order valence-corrected chi connectivity index (χ3v) is 3.37. The third kappa shape index (κ3) is 3.38. The molecule has 0 aliphatic carbocycles. The molecule has 0 fully saturated rings. The van der Waals surface area contributed by atoms with Crippen LogP contribution in [0.1, 0.15) is 18.2 Å². The second-order valence-corrected chi connectivity index (χ2v) is 4.36. The van der Waals surface area contributed by atoms with E-state index in [1.54, 1.807) is 18.4 Å². The lowest BCUT2D eigenvalue weighted by Crippen LogP contribution is -2.43. The normalized spacial score (nSPS) is 15.4. The minimum Gasteiger partial charge on any atom is -0.380 e. The molecular weight excluding hydrogens is 196 g/mol. The zero-order valence-electron chi connectivity index (χ0n) is 8.69. The number of methoxy groups -OCH3 is 1. The van der Waals surface area contributed by atoms with Gasteiger partial charge in [-0.05, 0) is 31.2 Å². The Bertz CT molecular complexity index is 238. The fraction of sp³-hybridized carbons (Fsp3) is 0.600. The SMILES string of the molecule is COC(C)C(CCc1cccs1)NN. The predicted molar refractivity (Wildman–Crippen MR) is 60.2 cm³/mol. The zero-order valence-corrected chi connectivity index (χ0v) is 9.51. The average molecular weight is 214 g/mol. The quantitative estimate of drug-likeness (QED) is 0.558. The summed E-state index contributed by atoms with van der Waals surface area (Å²) in [5.74, 6) is 5.46. The van der Waals surface area contributed by atoms with Crippen LogP contribution in [0.4, 0.5) is 0 Å². The van der Waals surface area contributed by atoms with Crippen LogP contribution in [0, 0.1) is 0 Å². The number of nitrogens with one attached hydrogen (secondary N) is 1. The van der Waals surface area contributed by atoms with Gasteiger partial charge in [0.2, 0.25) is 0 Å². The molecule has 0 saturated carbocycles. The van der Waals surface area contributed by atoms with Gasteiger partial charge in [0, 0.05) is 18.0 Å². The number of hydrazine groups is 1. The van der Waals surface area contributed by atoms with E-state index in [4.69, 9.17) is 10.6 Å². The molecule has 1 rings (SSSR count). The van der Waals surface area contributed by atoms with E-state index < -0.39 is 0 Å². The van der Waals surface area contributed by atoms with Crippen molar-refractivity contribution in [3.8, 4) is 0 Å². The largest absolute Gasteiger partial charge is 0.380 e. The Balaban J connectivity index is 2.34. The van der Waals surface area contributed by atoms with Crippen LogP contribution in [0.25, 0.3) is 0 Å². The van der Waals surface area contributed by atoms with Crippen LogP contribution in [-0.2, 0) is 11.2 Å². The molecule has 4 heteroatoms. The Hall–Kier alpha value is -0.420. The standard InChI is InChI=1S/C10H18N2OS/c1-8(13-2)10(12-11)6-5-9-4-3-7-14-9/h3-4,7-8,10,12H,5-6,11H2,1-2H3. The summed E-state index contributed by atoms with van der Waals surface area (Å²) in [6, 6.07) is 4.45. The maximum absolute atomic E-state index is 5.46. The van der Waals surface area contributed by atoms with E-state index in [9.17, 15) is 0 Å². The number of thiophene rings is 1. The summed E-state index contributed by atoms with van der Waals surface area (Å²) in [7, 11) is 1.71. The molecule has 0 bridgehead atoms. The minimum atomic E-state index is 0.153. The number of nitrogens with two attached hydrogens (primary N) is 1. The minimum absolute atomic E-state index is 0.153. The Kier molecular flexibility index (Phi) is 5.11. The molecule has 14 heavy (non-hydrogen) atoms. The Morgan fingerprint density at radius 2 is 2.43 bits per heavy atom. The zero-order chi connectivity index (χ0) is 10.4. The summed E-state index contributed by atoms with van der Waals surface area (Å²) in [5.41, 5.74) is 2.79. The molecule has 1 aromatic heterocycles. The van der Waals surface area contributed by atoms with Crippen molar-refractivity contribution in [2.45, 2.75) is 31.9 Å². The number of hydrogen-bond donors (Lipinski definition) is 2. The lowest BCUT2D eigenvalue weighted by atomic mass is 10.1. The predicted octanol–water partition coefficient (Wildman–Crippen LogP) is 1.55. The summed E-state index contributed by atoms with van der Waals surface area (Å²) < 4.78 is 5.23. The molecule has 0 radical (unpaired) electrons. The fourth-order valence-corrected chi connectivity index (χ4v) is 2.10. The third-order valence-electron chi connectivity index (χ3n) is 2.43. The van der Waals surface area contributed by atoms with Crippen LogP contribution < -0.4 is 11.3 Å². The maximum Gasteiger partial charge on any atom is 0.0709 e. The van der Waals surface area contributed by atoms with Gasteiger partial charge in [-0.2, -0.15) is 0 Å². The first-order valence-electron chi connectivity index (χ1n) is 4.79. The summed E-state index contributed by atoms with van der Waals surface area (Å²) >= 11 is 1.79. The van der Waals surface area contributed by atoms with Gasteiger partial charge in [-0.25, -0.2) is 0 Å². The van der Waals surface area contributed by atoms with Crippen LogP contribution in [0.3, 0.4) is 0 Å². The first-order valence-corrected chi connectivity index (χ1v) is 5.67. The van der Waals surface area contributed by atoms with Gasteiger partial charge in [-0.1, -0.05) is 6.07 Å². The lowest BCUT2D eigenvalue weighted by Gasteiger charge is -2.21. The molecule has 1 aromatic rings. The molecule has 1 heterocycles. The van der Waals surface area contributed by atoms with Crippen LogP contribution in [0.2, 0.25) is 0 Å². The summed E-state index contributed by atoms with van der Waals surface area (Å²) in [5, 5.41) is 2.10. The van der Waals surface area contributed by atoms with Crippen molar-refractivity contribution in [1.82, 2.24) is 5.43 Å². The second kappa shape index (κ2) is 6.14. The molecule has 2 atom stereocenters. The van der Waals surface area contributed by atoms with Crippen LogP contribution >= 0.6 is 11.3 Å². The van der Waals surface area contributed by atoms with E-state index in [1.165, 1.54) is 4.88 Å². The van der Waals surface area contributed by atoms with Gasteiger partial charge in [0.15, 0.2) is 0 Å². The van der Waals surface area contributed by atoms with E-state index in [-0.39, 0.29) is 12.1 Å². The Morgan fingerprint density at radius 3 is 2.93 bits per heavy atom. The highest BCUT2D eigenvalue weighted by molar-refractivity contribution is 7.09. The molecular formula is C10H18N2OS. The van der Waals surface area contributed by atoms with Crippen molar-refractivity contribution >= 4 is 11.3 Å². The highest BCUT2D eigenvalue weighted by Gasteiger charge is 2.14. The van der Waals surface area contributed by atoms with Crippen molar-refractivity contribution in [2.24, 2.45) is 5.84 Å². The molecule has 80 valence electrons. The van der Waals surface area contributed by atoms with E-state index in [1.807, 2.05) is 6.92 Å². The molecule has 2 unspecified atom stereocenters. The summed E-state index contributed by atoms with van der Waals surface area (Å²) in [4.78, 5) is 1.40. The molecule has 3 nitrogen and oxygen atoms in total. The molecule has 0 aromatic carbocycles. The smallest absolute Gasteiger partial charge is 0.0709 e. The summed E-state index contributed by atoms with van der Waals surface area (Å²) in [6.07, 6.45) is 2.21. The van der Waals surface area contributed by atoms with Gasteiger partial charge in [-0.3, -0.25) is 11.3 Å². The average Bonchev–Trinajstić information content (AvgIpc) is 2.71. The molecule has 0 aliphatic rings. The maximum atomic E-state index is 5.46. The van der Waals surface area contributed by atoms with E-state index in [0.717, 1.165) is 12.8 Å². The first kappa shape index (κ1) is 11.7. The number of ether oxygens (including phenoxy) is 1. The molecule has 0 saturated heterocycles. The highest BCUT2D eigenvalue weighted by Crippen LogP contribution is 2.13. The van der Waals surface area contributed by atoms with Crippen molar-refractivity contribution in [3.05, 3.63) is 22.4 Å². The van der Waals surface area contributed by atoms with Gasteiger partial charge in [0.05, 0.1) is 6.10 Å². The second-order valence-electron chi connectivity index (χ2n) is 3.33. The van der Waals surface area contributed by atoms with E-state index in [2.05, 4.69) is 22.9 Å². The van der Waals surface area contributed by atoms with Crippen LogP contribution in [-0.4, -0.2) is 19.3 Å².